The van der Waals surface area contributed by atoms with Gasteiger partial charge in [-0.05, 0) is 51.6 Å². The van der Waals surface area contributed by atoms with Crippen molar-refractivity contribution in [1.82, 2.24) is 15.0 Å². The summed E-state index contributed by atoms with van der Waals surface area (Å²) in [6, 6.07) is 59.3. The van der Waals surface area contributed by atoms with Crippen LogP contribution in [0.2, 0.25) is 19.6 Å². The first kappa shape index (κ1) is 32.5. The Balaban J connectivity index is 1.14. The molecule has 0 saturated heterocycles. The monoisotopic (exact) mass is 699 g/mol. The minimum absolute atomic E-state index is 0.591. The van der Waals surface area contributed by atoms with Crippen molar-refractivity contribution in [1.29, 1.82) is 0 Å². The van der Waals surface area contributed by atoms with Crippen molar-refractivity contribution in [2.75, 3.05) is 0 Å². The normalized spacial score (nSPS) is 11.7. The number of aromatic nitrogens is 3. The second kappa shape index (κ2) is 13.3. The second-order valence-corrected chi connectivity index (χ2v) is 19.6. The highest BCUT2D eigenvalue weighted by molar-refractivity contribution is 6.88. The third kappa shape index (κ3) is 6.37. The fourth-order valence-electron chi connectivity index (χ4n) is 7.00. The molecule has 0 amide bonds. The van der Waals surface area contributed by atoms with E-state index < -0.39 is 8.07 Å². The number of furan rings is 1. The van der Waals surface area contributed by atoms with Gasteiger partial charge in [-0.25, -0.2) is 15.0 Å². The number of benzene rings is 7. The van der Waals surface area contributed by atoms with Crippen LogP contribution in [-0.4, -0.2) is 23.0 Å². The van der Waals surface area contributed by atoms with E-state index in [4.69, 9.17) is 19.4 Å². The van der Waals surface area contributed by atoms with Crippen LogP contribution >= 0.6 is 0 Å². The molecule has 2 heterocycles. The summed E-state index contributed by atoms with van der Waals surface area (Å²) in [4.78, 5) is 15.1. The molecule has 9 rings (SSSR count). The van der Waals surface area contributed by atoms with Gasteiger partial charge in [0, 0.05) is 27.5 Å². The standard InChI is InChI=1S/C48H37N3OSi/c1-53(2,3)40-28-25-36(26-29-40)41-15-10-16-43-45(41)42-30-27-39(31-44(42)52-43)48-50-46(37-21-17-34(18-22-37)32-11-6-4-7-12-32)49-47(51-48)38-23-19-35(20-24-38)33-13-8-5-9-14-33/h4-31H,1-3H3. The highest BCUT2D eigenvalue weighted by Gasteiger charge is 2.19. The molecule has 53 heavy (non-hydrogen) atoms. The van der Waals surface area contributed by atoms with E-state index in [1.54, 1.807) is 0 Å². The van der Waals surface area contributed by atoms with E-state index in [1.807, 2.05) is 18.2 Å². The van der Waals surface area contributed by atoms with Gasteiger partial charge in [-0.15, -0.1) is 0 Å². The van der Waals surface area contributed by atoms with Crippen molar-refractivity contribution in [2.24, 2.45) is 0 Å². The predicted molar refractivity (Wildman–Crippen MR) is 223 cm³/mol. The van der Waals surface area contributed by atoms with Crippen LogP contribution in [-0.2, 0) is 0 Å². The molecular weight excluding hydrogens is 663 g/mol. The van der Waals surface area contributed by atoms with Gasteiger partial charge in [0.1, 0.15) is 11.2 Å². The second-order valence-electron chi connectivity index (χ2n) is 14.5. The molecule has 0 unspecified atom stereocenters. The lowest BCUT2D eigenvalue weighted by atomic mass is 9.99. The Labute approximate surface area is 310 Å². The molecular formula is C48H37N3OSi. The third-order valence-electron chi connectivity index (χ3n) is 9.95. The van der Waals surface area contributed by atoms with Gasteiger partial charge in [0.2, 0.25) is 0 Å². The maximum absolute atomic E-state index is 6.53. The summed E-state index contributed by atoms with van der Waals surface area (Å²) in [7, 11) is -1.40. The van der Waals surface area contributed by atoms with Gasteiger partial charge in [-0.2, -0.15) is 0 Å². The molecule has 0 N–H and O–H groups in total. The molecule has 0 spiro atoms. The Morgan fingerprint density at radius 1 is 0.377 bits per heavy atom. The van der Waals surface area contributed by atoms with E-state index in [0.29, 0.717) is 17.5 Å². The fraction of sp³-hybridized carbons (Fsp3) is 0.0625. The molecule has 0 radical (unpaired) electrons. The quantitative estimate of drug-likeness (QED) is 0.155. The van der Waals surface area contributed by atoms with E-state index in [9.17, 15) is 0 Å². The van der Waals surface area contributed by atoms with Crippen molar-refractivity contribution in [3.8, 4) is 67.5 Å². The molecule has 0 aliphatic rings. The number of rotatable bonds is 7. The average Bonchev–Trinajstić information content (AvgIpc) is 3.59. The van der Waals surface area contributed by atoms with E-state index in [0.717, 1.165) is 49.8 Å². The van der Waals surface area contributed by atoms with Gasteiger partial charge in [0.05, 0.1) is 8.07 Å². The Kier molecular flexibility index (Phi) is 8.13. The summed E-state index contributed by atoms with van der Waals surface area (Å²) in [5.74, 6) is 1.82. The van der Waals surface area contributed by atoms with Gasteiger partial charge in [-0.3, -0.25) is 0 Å². The lowest BCUT2D eigenvalue weighted by Crippen LogP contribution is -2.37. The first-order valence-corrected chi connectivity index (χ1v) is 21.5. The summed E-state index contributed by atoms with van der Waals surface area (Å²) in [5, 5.41) is 3.63. The van der Waals surface area contributed by atoms with Crippen LogP contribution in [0.1, 0.15) is 0 Å². The maximum Gasteiger partial charge on any atom is 0.164 e. The number of nitrogens with zero attached hydrogens (tertiary/aromatic N) is 3. The number of fused-ring (bicyclic) bond motifs is 3. The molecule has 0 atom stereocenters. The third-order valence-corrected chi connectivity index (χ3v) is 12.0. The predicted octanol–water partition coefficient (Wildman–Crippen LogP) is 12.3. The zero-order valence-corrected chi connectivity index (χ0v) is 30.9. The van der Waals surface area contributed by atoms with Crippen LogP contribution in [0.4, 0.5) is 0 Å². The molecule has 5 heteroatoms. The molecule has 4 nitrogen and oxygen atoms in total. The van der Waals surface area contributed by atoms with Crippen molar-refractivity contribution in [2.45, 2.75) is 19.6 Å². The summed E-state index contributed by atoms with van der Waals surface area (Å²) in [6.07, 6.45) is 0. The van der Waals surface area contributed by atoms with Crippen LogP contribution in [0.25, 0.3) is 89.5 Å². The SMILES string of the molecule is C[Si](C)(C)c1ccc(-c2cccc3oc4cc(-c5nc(-c6ccc(-c7ccccc7)cc6)nc(-c6ccc(-c7ccccc7)cc6)n5)ccc4c23)cc1. The van der Waals surface area contributed by atoms with Gasteiger partial charge < -0.3 is 4.42 Å². The molecule has 2 aromatic heterocycles. The van der Waals surface area contributed by atoms with E-state index in [1.165, 1.54) is 27.4 Å². The summed E-state index contributed by atoms with van der Waals surface area (Å²) in [5.41, 5.74) is 11.3. The minimum atomic E-state index is -1.40. The Morgan fingerprint density at radius 2 is 0.830 bits per heavy atom. The largest absolute Gasteiger partial charge is 0.456 e. The minimum Gasteiger partial charge on any atom is -0.456 e. The first-order chi connectivity index (χ1) is 25.9. The molecule has 0 saturated carbocycles. The highest BCUT2D eigenvalue weighted by Crippen LogP contribution is 2.38. The average molecular weight is 700 g/mol. The molecule has 9 aromatic rings. The van der Waals surface area contributed by atoms with Gasteiger partial charge in [0.25, 0.3) is 0 Å². The Hall–Kier alpha value is -6.43. The van der Waals surface area contributed by atoms with Crippen LogP contribution in [0.5, 0.6) is 0 Å². The maximum atomic E-state index is 6.53. The van der Waals surface area contributed by atoms with Crippen molar-refractivity contribution in [3.05, 3.63) is 170 Å². The van der Waals surface area contributed by atoms with Crippen LogP contribution in [0.15, 0.2) is 174 Å². The smallest absolute Gasteiger partial charge is 0.164 e. The van der Waals surface area contributed by atoms with E-state index in [-0.39, 0.29) is 0 Å². The fourth-order valence-corrected chi connectivity index (χ4v) is 8.17. The summed E-state index contributed by atoms with van der Waals surface area (Å²) < 4.78 is 6.53. The lowest BCUT2D eigenvalue weighted by molar-refractivity contribution is 0.669. The van der Waals surface area contributed by atoms with Crippen molar-refractivity contribution >= 4 is 35.2 Å². The molecule has 254 valence electrons. The Morgan fingerprint density at radius 3 is 1.36 bits per heavy atom. The van der Waals surface area contributed by atoms with Crippen molar-refractivity contribution < 1.29 is 4.42 Å². The summed E-state index contributed by atoms with van der Waals surface area (Å²) >= 11 is 0. The first-order valence-electron chi connectivity index (χ1n) is 18.0. The van der Waals surface area contributed by atoms with Crippen LogP contribution < -0.4 is 5.19 Å². The molecule has 7 aromatic carbocycles. The van der Waals surface area contributed by atoms with E-state index in [2.05, 4.69) is 171 Å². The topological polar surface area (TPSA) is 51.8 Å². The molecule has 0 aliphatic heterocycles. The zero-order valence-electron chi connectivity index (χ0n) is 29.9. The molecule has 0 fully saturated rings. The van der Waals surface area contributed by atoms with Crippen LogP contribution in [0, 0.1) is 0 Å². The highest BCUT2D eigenvalue weighted by atomic mass is 28.3. The lowest BCUT2D eigenvalue weighted by Gasteiger charge is -2.17. The Bertz CT molecular complexity index is 2610. The number of hydrogen-bond donors (Lipinski definition) is 0. The van der Waals surface area contributed by atoms with Crippen LogP contribution in [0.3, 0.4) is 0 Å². The molecule has 0 aliphatic carbocycles. The number of hydrogen-bond acceptors (Lipinski definition) is 4. The summed E-state index contributed by atoms with van der Waals surface area (Å²) in [6.45, 7) is 7.14. The van der Waals surface area contributed by atoms with Gasteiger partial charge >= 0.3 is 0 Å². The van der Waals surface area contributed by atoms with Gasteiger partial charge in [0.15, 0.2) is 17.5 Å². The molecule has 0 bridgehead atoms. The van der Waals surface area contributed by atoms with E-state index >= 15 is 0 Å². The zero-order chi connectivity index (χ0) is 35.9. The van der Waals surface area contributed by atoms with Crippen molar-refractivity contribution in [3.63, 3.8) is 0 Å². The van der Waals surface area contributed by atoms with Gasteiger partial charge in [-0.1, -0.05) is 176 Å².